The zero-order chi connectivity index (χ0) is 51.1. The van der Waals surface area contributed by atoms with Gasteiger partial charge in [0.1, 0.15) is 11.5 Å². The van der Waals surface area contributed by atoms with Gasteiger partial charge in [-0.2, -0.15) is 0 Å². The minimum Gasteiger partial charge on any atom is -0.462 e. The highest BCUT2D eigenvalue weighted by atomic mass is 16.7. The number of ether oxygens (including phenoxy) is 4. The Labute approximate surface area is 426 Å². The third kappa shape index (κ3) is 17.9. The first kappa shape index (κ1) is 55.3. The van der Waals surface area contributed by atoms with E-state index in [4.69, 9.17) is 23.4 Å². The van der Waals surface area contributed by atoms with Gasteiger partial charge in [0.25, 0.3) is 0 Å². The van der Waals surface area contributed by atoms with Crippen LogP contribution < -0.4 is 14.2 Å². The summed E-state index contributed by atoms with van der Waals surface area (Å²) in [6.07, 6.45) is 10.5. The fraction of sp³-hybridized carbons (Fsp3) is 0.375. The largest absolute Gasteiger partial charge is 0.462 e. The second-order valence-corrected chi connectivity index (χ2v) is 19.7. The third-order valence-corrected chi connectivity index (χ3v) is 12.5. The SMILES string of the molecule is CC(C)c1ccc(-c2cnco2)cc1.CC(C)c1ccc(Oc2ccccc2)cc1.CC(C)c1ccc2c(c1)OCO2.CC(C)c1cccc2c1CCCC2.CCCCOC(=O)c1ccc(C(C)C)cc1. The maximum Gasteiger partial charge on any atom is 0.338 e. The van der Waals surface area contributed by atoms with Crippen molar-refractivity contribution in [2.45, 2.75) is 144 Å². The van der Waals surface area contributed by atoms with Crippen molar-refractivity contribution in [2.24, 2.45) is 0 Å². The van der Waals surface area contributed by atoms with Gasteiger partial charge in [-0.15, -0.1) is 0 Å². The van der Waals surface area contributed by atoms with Gasteiger partial charge in [-0.1, -0.05) is 174 Å². The van der Waals surface area contributed by atoms with Crippen LogP contribution >= 0.6 is 0 Å². The molecule has 0 saturated carbocycles. The molecule has 1 aliphatic heterocycles. The standard InChI is InChI=1S/C15H16O.C14H20O2.C13H18.C12H13NO.C10H12O2/c1-12(2)13-8-10-15(11-9-13)16-14-6-4-3-5-7-14;1-4-5-10-16-14(15)13-8-6-12(7-9-13)11(2)3;1-10(2)12-9-5-7-11-6-3-4-8-13(11)12;1-9(2)10-3-5-11(6-4-10)12-7-13-8-14-12;1-7(2)8-3-4-9-10(5-8)12-6-11-9/h3-12H,1-2H3;6-9,11H,4-5,10H2,1-3H3;5,7,9-10H,3-4,6,8H2,1-2H3;3-9H,1-2H3;3-5,7H,6H2,1-2H3. The van der Waals surface area contributed by atoms with Crippen LogP contribution in [0.1, 0.15) is 181 Å². The molecule has 0 unspecified atom stereocenters. The third-order valence-electron chi connectivity index (χ3n) is 12.5. The number of aromatic nitrogens is 1. The summed E-state index contributed by atoms with van der Waals surface area (Å²) >= 11 is 0. The Bertz CT molecular complexity index is 2580. The lowest BCUT2D eigenvalue weighted by Gasteiger charge is -2.21. The molecule has 0 atom stereocenters. The highest BCUT2D eigenvalue weighted by Gasteiger charge is 2.15. The van der Waals surface area contributed by atoms with Crippen molar-refractivity contribution in [3.05, 3.63) is 197 Å². The van der Waals surface area contributed by atoms with Crippen LogP contribution in [-0.4, -0.2) is 24.4 Å². The number of oxazole rings is 1. The smallest absolute Gasteiger partial charge is 0.338 e. The van der Waals surface area contributed by atoms with Gasteiger partial charge in [0, 0.05) is 5.56 Å². The molecule has 1 aliphatic carbocycles. The lowest BCUT2D eigenvalue weighted by Crippen LogP contribution is -2.06. The quantitative estimate of drug-likeness (QED) is 0.0891. The number of aryl methyl sites for hydroxylation is 1. The van der Waals surface area contributed by atoms with Gasteiger partial charge in [-0.3, -0.25) is 0 Å². The normalized spacial score (nSPS) is 12.1. The van der Waals surface area contributed by atoms with Crippen molar-refractivity contribution in [3.63, 3.8) is 0 Å². The number of carbonyl (C=O) groups excluding carboxylic acids is 1. The van der Waals surface area contributed by atoms with Crippen LogP contribution in [0.2, 0.25) is 0 Å². The van der Waals surface area contributed by atoms with Crippen LogP contribution in [0.5, 0.6) is 23.0 Å². The van der Waals surface area contributed by atoms with Crippen molar-refractivity contribution in [3.8, 4) is 34.3 Å². The molecule has 7 heteroatoms. The Morgan fingerprint density at radius 3 is 1.72 bits per heavy atom. The highest BCUT2D eigenvalue weighted by molar-refractivity contribution is 5.89. The summed E-state index contributed by atoms with van der Waals surface area (Å²) in [5.41, 5.74) is 11.8. The van der Waals surface area contributed by atoms with Gasteiger partial charge in [-0.25, -0.2) is 9.78 Å². The Morgan fingerprint density at radius 2 is 1.14 bits per heavy atom. The average molecular weight is 958 g/mol. The Kier molecular flexibility index (Phi) is 22.5. The Balaban J connectivity index is 0.000000166. The van der Waals surface area contributed by atoms with Crippen LogP contribution in [0.4, 0.5) is 0 Å². The summed E-state index contributed by atoms with van der Waals surface area (Å²) in [5, 5.41) is 0. The Hall–Kier alpha value is -6.60. The number of esters is 1. The number of carbonyl (C=O) groups is 1. The molecule has 2 aliphatic rings. The van der Waals surface area contributed by atoms with E-state index >= 15 is 0 Å². The molecular formula is C64H79NO6. The van der Waals surface area contributed by atoms with Crippen LogP contribution in [-0.2, 0) is 17.6 Å². The van der Waals surface area contributed by atoms with E-state index in [0.717, 1.165) is 47.2 Å². The summed E-state index contributed by atoms with van der Waals surface area (Å²) in [4.78, 5) is 15.5. The summed E-state index contributed by atoms with van der Waals surface area (Å²) in [6.45, 7) is 24.9. The second kappa shape index (κ2) is 28.9. The zero-order valence-electron chi connectivity index (χ0n) is 44.4. The topological polar surface area (TPSA) is 80.0 Å². The van der Waals surface area contributed by atoms with Gasteiger partial charge < -0.3 is 23.4 Å². The van der Waals surface area contributed by atoms with Crippen LogP contribution in [0.3, 0.4) is 0 Å². The number of unbranched alkanes of at least 4 members (excludes halogenated alkanes) is 1. The van der Waals surface area contributed by atoms with E-state index in [1.165, 1.54) is 54.3 Å². The summed E-state index contributed by atoms with van der Waals surface area (Å²) < 4.78 is 26.5. The molecule has 0 N–H and O–H groups in total. The summed E-state index contributed by atoms with van der Waals surface area (Å²) in [5.74, 6) is 6.95. The maximum absolute atomic E-state index is 11.6. The van der Waals surface area contributed by atoms with Crippen LogP contribution in [0.15, 0.2) is 157 Å². The minimum atomic E-state index is -0.219. The molecule has 7 aromatic rings. The molecule has 71 heavy (non-hydrogen) atoms. The second-order valence-electron chi connectivity index (χ2n) is 19.7. The summed E-state index contributed by atoms with van der Waals surface area (Å²) in [7, 11) is 0. The first-order valence-corrected chi connectivity index (χ1v) is 25.8. The van der Waals surface area contributed by atoms with Crippen LogP contribution in [0, 0.1) is 0 Å². The molecular weight excluding hydrogens is 879 g/mol. The Morgan fingerprint density at radius 1 is 0.577 bits per heavy atom. The zero-order valence-corrected chi connectivity index (χ0v) is 44.4. The highest BCUT2D eigenvalue weighted by Crippen LogP contribution is 2.34. The van der Waals surface area contributed by atoms with Gasteiger partial charge in [0.2, 0.25) is 6.79 Å². The van der Waals surface area contributed by atoms with Gasteiger partial charge >= 0.3 is 5.97 Å². The average Bonchev–Trinajstić information content (AvgIpc) is 4.11. The number of para-hydroxylation sites is 1. The number of hydrogen-bond donors (Lipinski definition) is 0. The van der Waals surface area contributed by atoms with Crippen molar-refractivity contribution in [1.29, 1.82) is 0 Å². The summed E-state index contributed by atoms with van der Waals surface area (Å²) in [6, 6.07) is 47.1. The lowest BCUT2D eigenvalue weighted by atomic mass is 9.85. The van der Waals surface area contributed by atoms with Crippen molar-refractivity contribution in [1.82, 2.24) is 4.98 Å². The van der Waals surface area contributed by atoms with E-state index in [1.807, 2.05) is 78.9 Å². The number of rotatable bonds is 12. The van der Waals surface area contributed by atoms with Gasteiger partial charge in [-0.05, 0) is 149 Å². The van der Waals surface area contributed by atoms with Gasteiger partial charge in [0.05, 0.1) is 18.4 Å². The molecule has 376 valence electrons. The lowest BCUT2D eigenvalue weighted by molar-refractivity contribution is 0.0499. The molecule has 0 spiro atoms. The van der Waals surface area contributed by atoms with E-state index in [-0.39, 0.29) is 5.97 Å². The number of fused-ring (bicyclic) bond motifs is 2. The molecule has 1 aromatic heterocycles. The van der Waals surface area contributed by atoms with E-state index in [2.05, 4.69) is 142 Å². The van der Waals surface area contributed by atoms with E-state index in [0.29, 0.717) is 48.6 Å². The molecule has 7 nitrogen and oxygen atoms in total. The fourth-order valence-electron chi connectivity index (χ4n) is 7.96. The monoisotopic (exact) mass is 958 g/mol. The molecule has 0 saturated heterocycles. The first-order chi connectivity index (χ1) is 34.2. The molecule has 0 fully saturated rings. The van der Waals surface area contributed by atoms with E-state index in [1.54, 1.807) is 22.9 Å². The van der Waals surface area contributed by atoms with Gasteiger partial charge in [0.15, 0.2) is 23.7 Å². The number of hydrogen-bond acceptors (Lipinski definition) is 7. The fourth-order valence-corrected chi connectivity index (χ4v) is 7.96. The van der Waals surface area contributed by atoms with Crippen molar-refractivity contribution >= 4 is 5.97 Å². The first-order valence-electron chi connectivity index (χ1n) is 25.8. The predicted octanol–water partition coefficient (Wildman–Crippen LogP) is 18.1. The molecule has 2 heterocycles. The molecule has 0 bridgehead atoms. The minimum absolute atomic E-state index is 0.219. The number of nitrogens with zero attached hydrogens (tertiary/aromatic N) is 1. The number of benzene rings is 6. The van der Waals surface area contributed by atoms with Crippen molar-refractivity contribution in [2.75, 3.05) is 13.4 Å². The maximum atomic E-state index is 11.6. The molecule has 9 rings (SSSR count). The van der Waals surface area contributed by atoms with Crippen molar-refractivity contribution < 1.29 is 28.2 Å². The molecule has 6 aromatic carbocycles. The molecule has 0 radical (unpaired) electrons. The predicted molar refractivity (Wildman–Crippen MR) is 293 cm³/mol. The van der Waals surface area contributed by atoms with Crippen LogP contribution in [0.25, 0.3) is 11.3 Å². The van der Waals surface area contributed by atoms with E-state index in [9.17, 15) is 4.79 Å². The van der Waals surface area contributed by atoms with E-state index < -0.39 is 0 Å². The molecule has 0 amide bonds.